The predicted molar refractivity (Wildman–Crippen MR) is 120 cm³/mol. The molecule has 164 valence electrons. The molecule has 4 amide bonds. The van der Waals surface area contributed by atoms with Crippen LogP contribution in [-0.2, 0) is 9.59 Å². The molecule has 2 aliphatic heterocycles. The number of amides is 4. The van der Waals surface area contributed by atoms with E-state index in [1.54, 1.807) is 41.3 Å². The summed E-state index contributed by atoms with van der Waals surface area (Å²) in [5.74, 6) is -0.942. The molecule has 0 aliphatic carbocycles. The molecule has 0 radical (unpaired) electrons. The summed E-state index contributed by atoms with van der Waals surface area (Å²) in [5, 5.41) is 2.97. The minimum absolute atomic E-state index is 0.0215. The van der Waals surface area contributed by atoms with Crippen molar-refractivity contribution in [2.45, 2.75) is 25.3 Å². The van der Waals surface area contributed by atoms with Crippen molar-refractivity contribution in [3.8, 4) is 0 Å². The molecule has 2 aliphatic rings. The van der Waals surface area contributed by atoms with Gasteiger partial charge >= 0.3 is 0 Å². The number of hydrogen-bond acceptors (Lipinski definition) is 4. The van der Waals surface area contributed by atoms with E-state index in [4.69, 9.17) is 0 Å². The number of rotatable bonds is 6. The van der Waals surface area contributed by atoms with Crippen LogP contribution >= 0.6 is 0 Å². The standard InChI is InChI=1S/C25H25N3O4/c29-22(14-17-28-24(31)20-8-4-5-9-21(20)25(28)32)26-19-12-15-27(16-13-19)23(30)11-10-18-6-2-1-3-7-18/h1-11,19H,12-17H2,(H,26,29)/b11-10+. The third-order valence-corrected chi connectivity index (χ3v) is 5.83. The number of carbonyl (C=O) groups is 4. The van der Waals surface area contributed by atoms with E-state index in [9.17, 15) is 19.2 Å². The highest BCUT2D eigenvalue weighted by molar-refractivity contribution is 6.21. The summed E-state index contributed by atoms with van der Waals surface area (Å²) >= 11 is 0. The molecule has 2 heterocycles. The van der Waals surface area contributed by atoms with Crippen LogP contribution in [0.5, 0.6) is 0 Å². The maximum atomic E-state index is 12.4. The first kappa shape index (κ1) is 21.5. The van der Waals surface area contributed by atoms with Crippen LogP contribution in [0.15, 0.2) is 60.7 Å². The van der Waals surface area contributed by atoms with E-state index in [0.717, 1.165) is 10.5 Å². The van der Waals surface area contributed by atoms with Gasteiger partial charge in [0.25, 0.3) is 11.8 Å². The summed E-state index contributed by atoms with van der Waals surface area (Å²) in [6.07, 6.45) is 4.78. The van der Waals surface area contributed by atoms with E-state index in [0.29, 0.717) is 37.1 Å². The second kappa shape index (κ2) is 9.60. The molecule has 2 aromatic rings. The highest BCUT2D eigenvalue weighted by atomic mass is 16.2. The van der Waals surface area contributed by atoms with Gasteiger partial charge in [0, 0.05) is 38.2 Å². The second-order valence-corrected chi connectivity index (χ2v) is 7.97. The second-order valence-electron chi connectivity index (χ2n) is 7.97. The van der Waals surface area contributed by atoms with Crippen LogP contribution < -0.4 is 5.32 Å². The fourth-order valence-electron chi connectivity index (χ4n) is 4.04. The Labute approximate surface area is 186 Å². The Balaban J connectivity index is 1.21. The number of carbonyl (C=O) groups excluding carboxylic acids is 4. The number of fused-ring (bicyclic) bond motifs is 1. The molecule has 4 rings (SSSR count). The first-order valence-electron chi connectivity index (χ1n) is 10.8. The van der Waals surface area contributed by atoms with E-state index < -0.39 is 0 Å². The Morgan fingerprint density at radius 1 is 0.906 bits per heavy atom. The van der Waals surface area contributed by atoms with Crippen LogP contribution in [0.1, 0.15) is 45.5 Å². The topological polar surface area (TPSA) is 86.8 Å². The molecule has 7 nitrogen and oxygen atoms in total. The zero-order chi connectivity index (χ0) is 22.5. The quantitative estimate of drug-likeness (QED) is 0.562. The van der Waals surface area contributed by atoms with Crippen molar-refractivity contribution in [3.63, 3.8) is 0 Å². The van der Waals surface area contributed by atoms with Gasteiger partial charge in [0.05, 0.1) is 11.1 Å². The smallest absolute Gasteiger partial charge is 0.261 e. The van der Waals surface area contributed by atoms with Crippen molar-refractivity contribution in [1.82, 2.24) is 15.1 Å². The van der Waals surface area contributed by atoms with E-state index >= 15 is 0 Å². The fraction of sp³-hybridized carbons (Fsp3) is 0.280. The number of piperidine rings is 1. The Morgan fingerprint density at radius 2 is 1.50 bits per heavy atom. The van der Waals surface area contributed by atoms with E-state index in [2.05, 4.69) is 5.32 Å². The van der Waals surface area contributed by atoms with Crippen LogP contribution in [-0.4, -0.2) is 59.1 Å². The molecular formula is C25H25N3O4. The van der Waals surface area contributed by atoms with Crippen molar-refractivity contribution in [2.75, 3.05) is 19.6 Å². The van der Waals surface area contributed by atoms with Gasteiger partial charge in [-0.05, 0) is 36.6 Å². The van der Waals surface area contributed by atoms with Crippen molar-refractivity contribution in [2.24, 2.45) is 0 Å². The molecule has 0 spiro atoms. The Bertz CT molecular complexity index is 1020. The summed E-state index contributed by atoms with van der Waals surface area (Å²) < 4.78 is 0. The molecule has 0 saturated carbocycles. The summed E-state index contributed by atoms with van der Waals surface area (Å²) in [4.78, 5) is 52.4. The van der Waals surface area contributed by atoms with E-state index in [-0.39, 0.29) is 42.6 Å². The molecule has 2 aromatic carbocycles. The van der Waals surface area contributed by atoms with Gasteiger partial charge in [0.15, 0.2) is 0 Å². The fourth-order valence-corrected chi connectivity index (χ4v) is 4.04. The maximum absolute atomic E-state index is 12.4. The predicted octanol–water partition coefficient (Wildman–Crippen LogP) is 2.49. The van der Waals surface area contributed by atoms with Gasteiger partial charge in [-0.3, -0.25) is 24.1 Å². The van der Waals surface area contributed by atoms with Crippen LogP contribution in [0.4, 0.5) is 0 Å². The Hall–Kier alpha value is -3.74. The first-order chi connectivity index (χ1) is 15.5. The molecule has 1 N–H and O–H groups in total. The number of hydrogen-bond donors (Lipinski definition) is 1. The van der Waals surface area contributed by atoms with Gasteiger partial charge in [-0.25, -0.2) is 0 Å². The van der Waals surface area contributed by atoms with E-state index in [1.165, 1.54) is 0 Å². The Kier molecular flexibility index (Phi) is 6.44. The molecular weight excluding hydrogens is 406 g/mol. The van der Waals surface area contributed by atoms with Gasteiger partial charge in [-0.15, -0.1) is 0 Å². The highest BCUT2D eigenvalue weighted by Gasteiger charge is 2.35. The summed E-state index contributed by atoms with van der Waals surface area (Å²) in [5.41, 5.74) is 1.74. The minimum atomic E-state index is -0.353. The largest absolute Gasteiger partial charge is 0.353 e. The van der Waals surface area contributed by atoms with Crippen LogP contribution in [0.3, 0.4) is 0 Å². The van der Waals surface area contributed by atoms with Gasteiger partial charge in [0.1, 0.15) is 0 Å². The number of likely N-dealkylation sites (tertiary alicyclic amines) is 1. The SMILES string of the molecule is O=C(CCN1C(=O)c2ccccc2C1=O)NC1CCN(C(=O)/C=C/c2ccccc2)CC1. The van der Waals surface area contributed by atoms with Crippen LogP contribution in [0.2, 0.25) is 0 Å². The van der Waals surface area contributed by atoms with Gasteiger partial charge in [-0.1, -0.05) is 42.5 Å². The number of benzene rings is 2. The number of nitrogens with zero attached hydrogens (tertiary/aromatic N) is 2. The lowest BCUT2D eigenvalue weighted by atomic mass is 10.0. The van der Waals surface area contributed by atoms with Crippen molar-refractivity contribution in [1.29, 1.82) is 0 Å². The molecule has 7 heteroatoms. The van der Waals surface area contributed by atoms with Gasteiger partial charge in [0.2, 0.25) is 11.8 Å². The zero-order valence-corrected chi connectivity index (χ0v) is 17.7. The maximum Gasteiger partial charge on any atom is 0.261 e. The van der Waals surface area contributed by atoms with Crippen molar-refractivity contribution in [3.05, 3.63) is 77.4 Å². The average Bonchev–Trinajstić information content (AvgIpc) is 3.07. The molecule has 1 saturated heterocycles. The molecule has 0 aromatic heterocycles. The molecule has 0 atom stereocenters. The monoisotopic (exact) mass is 431 g/mol. The number of imide groups is 1. The average molecular weight is 431 g/mol. The van der Waals surface area contributed by atoms with E-state index in [1.807, 2.05) is 30.3 Å². The van der Waals surface area contributed by atoms with Crippen molar-refractivity contribution < 1.29 is 19.2 Å². The minimum Gasteiger partial charge on any atom is -0.353 e. The van der Waals surface area contributed by atoms with Gasteiger partial charge < -0.3 is 10.2 Å². The molecule has 0 bridgehead atoms. The van der Waals surface area contributed by atoms with Crippen molar-refractivity contribution >= 4 is 29.7 Å². The first-order valence-corrected chi connectivity index (χ1v) is 10.8. The molecule has 32 heavy (non-hydrogen) atoms. The molecule has 0 unspecified atom stereocenters. The Morgan fingerprint density at radius 3 is 2.12 bits per heavy atom. The van der Waals surface area contributed by atoms with Gasteiger partial charge in [-0.2, -0.15) is 0 Å². The summed E-state index contributed by atoms with van der Waals surface area (Å²) in [6, 6.07) is 16.3. The lowest BCUT2D eigenvalue weighted by Gasteiger charge is -2.31. The highest BCUT2D eigenvalue weighted by Crippen LogP contribution is 2.22. The lowest BCUT2D eigenvalue weighted by molar-refractivity contribution is -0.127. The van der Waals surface area contributed by atoms with Crippen LogP contribution in [0, 0.1) is 0 Å². The molecule has 1 fully saturated rings. The summed E-state index contributed by atoms with van der Waals surface area (Å²) in [6.45, 7) is 1.20. The number of nitrogens with one attached hydrogen (secondary N) is 1. The lowest BCUT2D eigenvalue weighted by Crippen LogP contribution is -2.46. The third-order valence-electron chi connectivity index (χ3n) is 5.83. The third kappa shape index (κ3) is 4.77. The zero-order valence-electron chi connectivity index (χ0n) is 17.7. The van der Waals surface area contributed by atoms with Crippen LogP contribution in [0.25, 0.3) is 6.08 Å². The normalized spacial score (nSPS) is 16.5. The summed E-state index contributed by atoms with van der Waals surface area (Å²) in [7, 11) is 0.